The lowest BCUT2D eigenvalue weighted by Crippen LogP contribution is -2.50. The second kappa shape index (κ2) is 8.64. The summed E-state index contributed by atoms with van der Waals surface area (Å²) in [7, 11) is 3.96. The van der Waals surface area contributed by atoms with Crippen LogP contribution in [0.4, 0.5) is 0 Å². The largest absolute Gasteiger partial charge is 0.395 e. The Morgan fingerprint density at radius 3 is 2.76 bits per heavy atom. The number of hydrogen-bond donors (Lipinski definition) is 0. The maximum Gasteiger partial charge on any atom is 0.230 e. The molecule has 0 spiro atoms. The molecule has 0 N–H and O–H groups in total. The van der Waals surface area contributed by atoms with Crippen molar-refractivity contribution in [3.63, 3.8) is 0 Å². The standard InChI is InChI=1S/C26H38N4O3/c1-25-12-9-18(28-32-14-11-24-27-23(29-33-24)16-30(3)4)15-17(25)5-6-19-20-7-8-22(31)26(20,2)13-10-21(19)25/h15,19-21H,5-14,16H2,1-4H3. The van der Waals surface area contributed by atoms with E-state index in [0.29, 0.717) is 54.8 Å². The van der Waals surface area contributed by atoms with E-state index in [1.54, 1.807) is 5.57 Å². The van der Waals surface area contributed by atoms with Crippen LogP contribution in [0.1, 0.15) is 76.9 Å². The number of carbonyl (C=O) groups is 1. The lowest BCUT2D eigenvalue weighted by molar-refractivity contribution is -0.132. The molecule has 4 aliphatic carbocycles. The molecule has 1 aromatic rings. The van der Waals surface area contributed by atoms with Crippen LogP contribution in [0.2, 0.25) is 0 Å². The molecule has 0 aromatic carbocycles. The lowest BCUT2D eigenvalue weighted by atomic mass is 9.47. The normalized spacial score (nSPS) is 37.0. The van der Waals surface area contributed by atoms with Crippen molar-refractivity contribution in [2.45, 2.75) is 78.2 Å². The van der Waals surface area contributed by atoms with Crippen LogP contribution in [0.5, 0.6) is 0 Å². The Bertz CT molecular complexity index is 966. The highest BCUT2D eigenvalue weighted by Crippen LogP contribution is 2.64. The van der Waals surface area contributed by atoms with Gasteiger partial charge in [-0.2, -0.15) is 4.98 Å². The second-order valence-electron chi connectivity index (χ2n) is 11.4. The minimum Gasteiger partial charge on any atom is -0.395 e. The first-order valence-electron chi connectivity index (χ1n) is 12.7. The van der Waals surface area contributed by atoms with Crippen molar-refractivity contribution in [1.29, 1.82) is 0 Å². The van der Waals surface area contributed by atoms with Gasteiger partial charge in [-0.3, -0.25) is 4.79 Å². The van der Waals surface area contributed by atoms with Crippen LogP contribution in [0.3, 0.4) is 0 Å². The summed E-state index contributed by atoms with van der Waals surface area (Å²) in [5.74, 6) is 3.83. The van der Waals surface area contributed by atoms with Gasteiger partial charge < -0.3 is 14.3 Å². The topological polar surface area (TPSA) is 80.8 Å². The second-order valence-corrected chi connectivity index (χ2v) is 11.4. The van der Waals surface area contributed by atoms with E-state index in [9.17, 15) is 4.79 Å². The van der Waals surface area contributed by atoms with Crippen LogP contribution >= 0.6 is 0 Å². The summed E-state index contributed by atoms with van der Waals surface area (Å²) < 4.78 is 5.29. The monoisotopic (exact) mass is 454 g/mol. The van der Waals surface area contributed by atoms with Gasteiger partial charge in [-0.25, -0.2) is 0 Å². The maximum atomic E-state index is 12.6. The van der Waals surface area contributed by atoms with Gasteiger partial charge in [-0.15, -0.1) is 0 Å². The van der Waals surface area contributed by atoms with Gasteiger partial charge >= 0.3 is 0 Å². The van der Waals surface area contributed by atoms with Crippen LogP contribution < -0.4 is 0 Å². The van der Waals surface area contributed by atoms with Gasteiger partial charge in [0.15, 0.2) is 5.82 Å². The Hall–Kier alpha value is -2.02. The third-order valence-electron chi connectivity index (χ3n) is 9.24. The van der Waals surface area contributed by atoms with Gasteiger partial charge in [-0.1, -0.05) is 29.7 Å². The summed E-state index contributed by atoms with van der Waals surface area (Å²) in [6.07, 6.45) is 11.5. The van der Waals surface area contributed by atoms with E-state index in [1.807, 2.05) is 19.0 Å². The van der Waals surface area contributed by atoms with E-state index >= 15 is 0 Å². The number of fused-ring (bicyclic) bond motifs is 5. The maximum absolute atomic E-state index is 12.6. The number of oxime groups is 1. The van der Waals surface area contributed by atoms with Crippen molar-refractivity contribution in [3.05, 3.63) is 23.4 Å². The number of nitrogens with zero attached hydrogens (tertiary/aromatic N) is 4. The van der Waals surface area contributed by atoms with E-state index in [0.717, 1.165) is 44.2 Å². The summed E-state index contributed by atoms with van der Waals surface area (Å²) in [6, 6.07) is 0. The van der Waals surface area contributed by atoms with Crippen LogP contribution in [-0.4, -0.2) is 47.2 Å². The quantitative estimate of drug-likeness (QED) is 0.462. The Kier molecular flexibility index (Phi) is 5.96. The highest BCUT2D eigenvalue weighted by molar-refractivity contribution is 5.96. The molecule has 5 unspecified atom stereocenters. The van der Waals surface area contributed by atoms with Gasteiger partial charge in [0.05, 0.1) is 18.7 Å². The molecule has 1 heterocycles. The van der Waals surface area contributed by atoms with Crippen molar-refractivity contribution in [2.24, 2.45) is 33.7 Å². The number of allylic oxidation sites excluding steroid dienone is 2. The fraction of sp³-hybridized carbons (Fsp3) is 0.769. The minimum absolute atomic E-state index is 0.0422. The number of ketones is 1. The summed E-state index contributed by atoms with van der Waals surface area (Å²) in [5.41, 5.74) is 2.81. The smallest absolute Gasteiger partial charge is 0.230 e. The first-order valence-corrected chi connectivity index (χ1v) is 12.7. The molecular formula is C26H38N4O3. The van der Waals surface area contributed by atoms with E-state index < -0.39 is 0 Å². The molecule has 4 aliphatic rings. The highest BCUT2D eigenvalue weighted by atomic mass is 16.6. The Morgan fingerprint density at radius 1 is 1.12 bits per heavy atom. The van der Waals surface area contributed by atoms with Crippen LogP contribution in [0, 0.1) is 28.6 Å². The molecule has 33 heavy (non-hydrogen) atoms. The van der Waals surface area contributed by atoms with E-state index in [2.05, 4.69) is 35.2 Å². The Morgan fingerprint density at radius 2 is 1.94 bits per heavy atom. The van der Waals surface area contributed by atoms with E-state index in [1.165, 1.54) is 12.8 Å². The molecule has 5 rings (SSSR count). The number of rotatable bonds is 6. The fourth-order valence-electron chi connectivity index (χ4n) is 7.41. The first kappa shape index (κ1) is 22.8. The first-order chi connectivity index (χ1) is 15.8. The highest BCUT2D eigenvalue weighted by Gasteiger charge is 2.58. The molecule has 7 nitrogen and oxygen atoms in total. The van der Waals surface area contributed by atoms with Crippen LogP contribution in [0.25, 0.3) is 0 Å². The number of carbonyl (C=O) groups excluding carboxylic acids is 1. The summed E-state index contributed by atoms with van der Waals surface area (Å²) in [4.78, 5) is 24.6. The van der Waals surface area contributed by atoms with Gasteiger partial charge in [0.1, 0.15) is 12.4 Å². The molecule has 7 heteroatoms. The predicted molar refractivity (Wildman–Crippen MR) is 125 cm³/mol. The van der Waals surface area contributed by atoms with Gasteiger partial charge in [0.25, 0.3) is 0 Å². The average Bonchev–Trinajstić information content (AvgIpc) is 3.34. The van der Waals surface area contributed by atoms with Crippen LogP contribution in [-0.2, 0) is 22.6 Å². The Labute approximate surface area is 197 Å². The van der Waals surface area contributed by atoms with Crippen molar-refractivity contribution < 1.29 is 14.2 Å². The Balaban J connectivity index is 1.20. The molecule has 0 radical (unpaired) electrons. The predicted octanol–water partition coefficient (Wildman–Crippen LogP) is 4.58. The molecule has 0 aliphatic heterocycles. The third kappa shape index (κ3) is 4.07. The average molecular weight is 455 g/mol. The van der Waals surface area contributed by atoms with Crippen molar-refractivity contribution in [1.82, 2.24) is 15.0 Å². The molecule has 5 atom stereocenters. The van der Waals surface area contributed by atoms with Gasteiger partial charge in [0, 0.05) is 11.8 Å². The van der Waals surface area contributed by atoms with Gasteiger partial charge in [0.2, 0.25) is 5.89 Å². The molecule has 0 bridgehead atoms. The summed E-state index contributed by atoms with van der Waals surface area (Å²) in [5, 5.41) is 8.44. The van der Waals surface area contributed by atoms with Crippen molar-refractivity contribution in [2.75, 3.05) is 20.7 Å². The molecule has 0 saturated heterocycles. The zero-order valence-electron chi connectivity index (χ0n) is 20.6. The molecule has 3 saturated carbocycles. The fourth-order valence-corrected chi connectivity index (χ4v) is 7.41. The lowest BCUT2D eigenvalue weighted by Gasteiger charge is -2.57. The minimum atomic E-state index is -0.0422. The molecule has 3 fully saturated rings. The van der Waals surface area contributed by atoms with Crippen LogP contribution in [0.15, 0.2) is 21.3 Å². The summed E-state index contributed by atoms with van der Waals surface area (Å²) >= 11 is 0. The molecular weight excluding hydrogens is 416 g/mol. The zero-order chi connectivity index (χ0) is 23.2. The third-order valence-corrected chi connectivity index (χ3v) is 9.24. The molecule has 180 valence electrons. The van der Waals surface area contributed by atoms with Gasteiger partial charge in [-0.05, 0) is 88.3 Å². The van der Waals surface area contributed by atoms with Crippen molar-refractivity contribution >= 4 is 11.5 Å². The zero-order valence-corrected chi connectivity index (χ0v) is 20.6. The summed E-state index contributed by atoms with van der Waals surface area (Å²) in [6.45, 7) is 5.84. The number of Topliss-reactive ketones (excluding diaryl/α,β-unsaturated/α-hetero) is 1. The van der Waals surface area contributed by atoms with E-state index in [4.69, 9.17) is 9.36 Å². The molecule has 1 aromatic heterocycles. The molecule has 0 amide bonds. The van der Waals surface area contributed by atoms with E-state index in [-0.39, 0.29) is 10.8 Å². The number of hydrogen-bond acceptors (Lipinski definition) is 7. The SMILES string of the molecule is CN(C)Cc1noc(CCON=C2C=C3CCC4C5CCC(=O)C5(C)CCC4C3(C)CC2)n1. The number of aromatic nitrogens is 2. The van der Waals surface area contributed by atoms with Crippen molar-refractivity contribution in [3.8, 4) is 0 Å².